The fourth-order valence-electron chi connectivity index (χ4n) is 1.62. The van der Waals surface area contributed by atoms with E-state index in [1.54, 1.807) is 16.8 Å². The molecule has 0 radical (unpaired) electrons. The van der Waals surface area contributed by atoms with Crippen molar-refractivity contribution in [2.75, 3.05) is 0 Å². The van der Waals surface area contributed by atoms with Crippen molar-refractivity contribution < 1.29 is 5.11 Å². The molecule has 2 aromatic rings. The first kappa shape index (κ1) is 10.7. The van der Waals surface area contributed by atoms with E-state index in [1.165, 1.54) is 0 Å². The number of nitrogens with zero attached hydrogens (tertiary/aromatic N) is 2. The van der Waals surface area contributed by atoms with Crippen LogP contribution < -0.4 is 5.73 Å². The molecule has 1 atom stereocenters. The van der Waals surface area contributed by atoms with Crippen LogP contribution in [0.1, 0.15) is 17.3 Å². The van der Waals surface area contributed by atoms with Gasteiger partial charge < -0.3 is 10.8 Å². The van der Waals surface area contributed by atoms with Crippen molar-refractivity contribution in [3.05, 3.63) is 47.8 Å². The number of rotatable bonds is 3. The molecule has 1 aromatic heterocycles. The van der Waals surface area contributed by atoms with Crippen LogP contribution in [0.3, 0.4) is 0 Å². The van der Waals surface area contributed by atoms with Gasteiger partial charge in [0.15, 0.2) is 0 Å². The first-order valence-electron chi connectivity index (χ1n) is 5.18. The largest absolute Gasteiger partial charge is 0.508 e. The van der Waals surface area contributed by atoms with E-state index in [1.807, 2.05) is 31.4 Å². The number of aryl methyl sites for hydroxylation is 1. The zero-order valence-electron chi connectivity index (χ0n) is 9.17. The second kappa shape index (κ2) is 4.37. The molecule has 0 saturated carbocycles. The molecule has 1 aromatic carbocycles. The molecule has 0 saturated heterocycles. The lowest BCUT2D eigenvalue weighted by Crippen LogP contribution is -2.14. The molecule has 0 aliphatic heterocycles. The minimum absolute atomic E-state index is 0.106. The number of benzene rings is 1. The number of hydrogen-bond donors (Lipinski definition) is 2. The number of hydrogen-bond acceptors (Lipinski definition) is 3. The van der Waals surface area contributed by atoms with Gasteiger partial charge in [-0.2, -0.15) is 5.10 Å². The Hall–Kier alpha value is -1.81. The molecule has 0 amide bonds. The van der Waals surface area contributed by atoms with Crippen molar-refractivity contribution in [2.45, 2.75) is 12.5 Å². The Morgan fingerprint density at radius 1 is 1.31 bits per heavy atom. The summed E-state index contributed by atoms with van der Waals surface area (Å²) in [5.41, 5.74) is 8.02. The lowest BCUT2D eigenvalue weighted by atomic mass is 10.0. The van der Waals surface area contributed by atoms with E-state index >= 15 is 0 Å². The summed E-state index contributed by atoms with van der Waals surface area (Å²) in [5, 5.41) is 13.4. The van der Waals surface area contributed by atoms with Crippen molar-refractivity contribution in [1.29, 1.82) is 0 Å². The van der Waals surface area contributed by atoms with Gasteiger partial charge in [-0.25, -0.2) is 0 Å². The second-order valence-corrected chi connectivity index (χ2v) is 3.89. The summed E-state index contributed by atoms with van der Waals surface area (Å²) in [6, 6.07) is 8.90. The van der Waals surface area contributed by atoms with E-state index in [2.05, 4.69) is 5.10 Å². The fraction of sp³-hybridized carbons (Fsp3) is 0.250. The number of nitrogens with two attached hydrogens (primary N) is 1. The highest BCUT2D eigenvalue weighted by Crippen LogP contribution is 2.16. The van der Waals surface area contributed by atoms with Crippen molar-refractivity contribution in [1.82, 2.24) is 9.78 Å². The molecular formula is C12H15N3O. The van der Waals surface area contributed by atoms with Gasteiger partial charge in [0.05, 0.1) is 11.7 Å². The van der Waals surface area contributed by atoms with Crippen LogP contribution in [0.4, 0.5) is 0 Å². The van der Waals surface area contributed by atoms with Crippen LogP contribution in [0.25, 0.3) is 0 Å². The van der Waals surface area contributed by atoms with Gasteiger partial charge in [0.2, 0.25) is 0 Å². The number of aromatic nitrogens is 2. The molecule has 16 heavy (non-hydrogen) atoms. The SMILES string of the molecule is Cn1ccc(C(N)Cc2ccc(O)cc2)n1. The van der Waals surface area contributed by atoms with E-state index in [9.17, 15) is 0 Å². The molecule has 4 nitrogen and oxygen atoms in total. The Kier molecular flexibility index (Phi) is 2.92. The normalized spacial score (nSPS) is 12.6. The van der Waals surface area contributed by atoms with E-state index in [0.29, 0.717) is 0 Å². The van der Waals surface area contributed by atoms with Crippen LogP contribution in [0.2, 0.25) is 0 Å². The minimum Gasteiger partial charge on any atom is -0.508 e. The highest BCUT2D eigenvalue weighted by molar-refractivity contribution is 5.27. The second-order valence-electron chi connectivity index (χ2n) is 3.89. The van der Waals surface area contributed by atoms with E-state index < -0.39 is 0 Å². The maximum Gasteiger partial charge on any atom is 0.115 e. The summed E-state index contributed by atoms with van der Waals surface area (Å²) in [5.74, 6) is 0.273. The summed E-state index contributed by atoms with van der Waals surface area (Å²) in [4.78, 5) is 0. The molecule has 1 unspecified atom stereocenters. The van der Waals surface area contributed by atoms with Crippen LogP contribution in [0.15, 0.2) is 36.5 Å². The summed E-state index contributed by atoms with van der Waals surface area (Å²) < 4.78 is 1.74. The molecule has 0 fully saturated rings. The zero-order valence-corrected chi connectivity index (χ0v) is 9.17. The average Bonchev–Trinajstić information content (AvgIpc) is 2.68. The molecule has 0 bridgehead atoms. The van der Waals surface area contributed by atoms with E-state index in [0.717, 1.165) is 17.7 Å². The van der Waals surface area contributed by atoms with E-state index in [-0.39, 0.29) is 11.8 Å². The third-order valence-electron chi connectivity index (χ3n) is 2.51. The maximum atomic E-state index is 9.16. The zero-order chi connectivity index (χ0) is 11.5. The van der Waals surface area contributed by atoms with Crippen LogP contribution in [0, 0.1) is 0 Å². The Bertz CT molecular complexity index is 461. The average molecular weight is 217 g/mol. The molecule has 2 rings (SSSR count). The molecule has 0 aliphatic rings. The Morgan fingerprint density at radius 3 is 2.56 bits per heavy atom. The van der Waals surface area contributed by atoms with Gasteiger partial charge in [-0.05, 0) is 30.2 Å². The fourth-order valence-corrected chi connectivity index (χ4v) is 1.62. The monoisotopic (exact) mass is 217 g/mol. The standard InChI is InChI=1S/C12H15N3O/c1-15-7-6-12(14-15)11(13)8-9-2-4-10(16)5-3-9/h2-7,11,16H,8,13H2,1H3. The van der Waals surface area contributed by atoms with Crippen molar-refractivity contribution >= 4 is 0 Å². The number of phenols is 1. The lowest BCUT2D eigenvalue weighted by Gasteiger charge is -2.08. The third kappa shape index (κ3) is 2.41. The predicted octanol–water partition coefficient (Wildman–Crippen LogP) is 1.37. The Morgan fingerprint density at radius 2 is 2.00 bits per heavy atom. The van der Waals surface area contributed by atoms with Crippen molar-refractivity contribution in [3.63, 3.8) is 0 Å². The molecule has 84 valence electrons. The van der Waals surface area contributed by atoms with Crippen molar-refractivity contribution in [2.24, 2.45) is 12.8 Å². The van der Waals surface area contributed by atoms with Crippen LogP contribution in [0.5, 0.6) is 5.75 Å². The van der Waals surface area contributed by atoms with Gasteiger partial charge >= 0.3 is 0 Å². The smallest absolute Gasteiger partial charge is 0.115 e. The van der Waals surface area contributed by atoms with Gasteiger partial charge in [0.25, 0.3) is 0 Å². The van der Waals surface area contributed by atoms with Gasteiger partial charge in [-0.15, -0.1) is 0 Å². The molecular weight excluding hydrogens is 202 g/mol. The van der Waals surface area contributed by atoms with Crippen molar-refractivity contribution in [3.8, 4) is 5.75 Å². The maximum absolute atomic E-state index is 9.16. The Labute approximate surface area is 94.3 Å². The minimum atomic E-state index is -0.106. The van der Waals surface area contributed by atoms with Crippen LogP contribution >= 0.6 is 0 Å². The molecule has 3 N–H and O–H groups in total. The predicted molar refractivity (Wildman–Crippen MR) is 61.9 cm³/mol. The number of phenolic OH excluding ortho intramolecular Hbond substituents is 1. The first-order chi connectivity index (χ1) is 7.65. The molecule has 0 aliphatic carbocycles. The quantitative estimate of drug-likeness (QED) is 0.816. The highest BCUT2D eigenvalue weighted by Gasteiger charge is 2.09. The van der Waals surface area contributed by atoms with Crippen LogP contribution in [-0.4, -0.2) is 14.9 Å². The first-order valence-corrected chi connectivity index (χ1v) is 5.18. The Balaban J connectivity index is 2.07. The van der Waals surface area contributed by atoms with Gasteiger partial charge in [-0.1, -0.05) is 12.1 Å². The topological polar surface area (TPSA) is 64.1 Å². The molecule has 0 spiro atoms. The van der Waals surface area contributed by atoms with Gasteiger partial charge in [0, 0.05) is 13.2 Å². The van der Waals surface area contributed by atoms with Gasteiger partial charge in [0.1, 0.15) is 5.75 Å². The van der Waals surface area contributed by atoms with Gasteiger partial charge in [-0.3, -0.25) is 4.68 Å². The highest BCUT2D eigenvalue weighted by atomic mass is 16.3. The van der Waals surface area contributed by atoms with E-state index in [4.69, 9.17) is 10.8 Å². The third-order valence-corrected chi connectivity index (χ3v) is 2.51. The molecule has 4 heteroatoms. The molecule has 1 heterocycles. The summed E-state index contributed by atoms with van der Waals surface area (Å²) in [6.45, 7) is 0. The van der Waals surface area contributed by atoms with Crippen LogP contribution in [-0.2, 0) is 13.5 Å². The summed E-state index contributed by atoms with van der Waals surface area (Å²) >= 11 is 0. The lowest BCUT2D eigenvalue weighted by molar-refractivity contribution is 0.475. The number of aromatic hydroxyl groups is 1. The summed E-state index contributed by atoms with van der Waals surface area (Å²) in [7, 11) is 1.87. The summed E-state index contributed by atoms with van der Waals surface area (Å²) in [6.07, 6.45) is 2.60.